The highest BCUT2D eigenvalue weighted by molar-refractivity contribution is 5.96. The number of benzene rings is 2. The average molecular weight is 354 g/mol. The van der Waals surface area contributed by atoms with Crippen molar-refractivity contribution < 1.29 is 14.4 Å². The maximum atomic E-state index is 12.1. The Morgan fingerprint density at radius 1 is 0.846 bits per heavy atom. The van der Waals surface area contributed by atoms with Crippen LogP contribution >= 0.6 is 0 Å². The number of rotatable bonds is 7. The molecule has 0 saturated heterocycles. The lowest BCUT2D eigenvalue weighted by molar-refractivity contribution is -0.116. The summed E-state index contributed by atoms with van der Waals surface area (Å²) in [6.07, 6.45) is 0.388. The quantitative estimate of drug-likeness (QED) is 0.614. The third kappa shape index (κ3) is 5.62. The Kier molecular flexibility index (Phi) is 6.73. The molecule has 0 unspecified atom stereocenters. The van der Waals surface area contributed by atoms with Gasteiger partial charge in [-0.15, -0.1) is 0 Å². The van der Waals surface area contributed by atoms with Gasteiger partial charge in [0.25, 0.3) is 5.91 Å². The van der Waals surface area contributed by atoms with Gasteiger partial charge in [0.1, 0.15) is 0 Å². The first-order chi connectivity index (χ1) is 12.5. The molecule has 0 bridgehead atoms. The van der Waals surface area contributed by atoms with Crippen molar-refractivity contribution in [3.63, 3.8) is 0 Å². The van der Waals surface area contributed by atoms with Crippen molar-refractivity contribution in [1.29, 1.82) is 0 Å². The molecule has 0 fully saturated rings. The van der Waals surface area contributed by atoms with Gasteiger partial charge in [-0.2, -0.15) is 0 Å². The highest BCUT2D eigenvalue weighted by atomic mass is 16.2. The van der Waals surface area contributed by atoms with Gasteiger partial charge in [0.2, 0.25) is 11.8 Å². The van der Waals surface area contributed by atoms with Crippen LogP contribution in [-0.4, -0.2) is 31.3 Å². The maximum Gasteiger partial charge on any atom is 0.251 e. The first-order valence-electron chi connectivity index (χ1n) is 8.27. The third-order valence-electron chi connectivity index (χ3n) is 3.58. The molecule has 4 N–H and O–H groups in total. The molecule has 3 amide bonds. The molecule has 136 valence electrons. The average Bonchev–Trinajstić information content (AvgIpc) is 2.66. The minimum absolute atomic E-state index is 0.0743. The Morgan fingerprint density at radius 2 is 1.46 bits per heavy atom. The molecule has 0 aliphatic heterocycles. The maximum absolute atomic E-state index is 12.1. The molecule has 0 heterocycles. The zero-order chi connectivity index (χ0) is 18.9. The normalized spacial score (nSPS) is 9.92. The fraction of sp³-hybridized carbons (Fsp3) is 0.211. The van der Waals surface area contributed by atoms with Crippen molar-refractivity contribution in [3.8, 4) is 0 Å². The lowest BCUT2D eigenvalue weighted by Gasteiger charge is -2.10. The van der Waals surface area contributed by atoms with E-state index >= 15 is 0 Å². The Labute approximate surface area is 152 Å². The molecule has 0 radical (unpaired) electrons. The van der Waals surface area contributed by atoms with Gasteiger partial charge in [-0.3, -0.25) is 14.4 Å². The highest BCUT2D eigenvalue weighted by Crippen LogP contribution is 2.15. The Morgan fingerprint density at radius 3 is 2.04 bits per heavy atom. The number of hydrogen-bond acceptors (Lipinski definition) is 4. The minimum Gasteiger partial charge on any atom is -0.376 e. The van der Waals surface area contributed by atoms with Crippen LogP contribution < -0.4 is 21.3 Å². The second-order valence-corrected chi connectivity index (χ2v) is 5.54. The minimum atomic E-state index is -0.223. The van der Waals surface area contributed by atoms with E-state index in [9.17, 15) is 14.4 Å². The molecule has 7 nitrogen and oxygen atoms in total. The first-order valence-corrected chi connectivity index (χ1v) is 8.27. The van der Waals surface area contributed by atoms with Crippen molar-refractivity contribution in [2.45, 2.75) is 13.3 Å². The summed E-state index contributed by atoms with van der Waals surface area (Å²) in [6.45, 7) is 1.85. The number of amides is 3. The van der Waals surface area contributed by atoms with Crippen molar-refractivity contribution in [2.24, 2.45) is 0 Å². The van der Waals surface area contributed by atoms with Gasteiger partial charge in [0.05, 0.1) is 6.54 Å². The van der Waals surface area contributed by atoms with Crippen molar-refractivity contribution in [1.82, 2.24) is 5.32 Å². The van der Waals surface area contributed by atoms with Crippen molar-refractivity contribution in [2.75, 3.05) is 29.5 Å². The van der Waals surface area contributed by atoms with Crippen LogP contribution in [0.5, 0.6) is 0 Å². The van der Waals surface area contributed by atoms with Gasteiger partial charge in [0.15, 0.2) is 0 Å². The molecule has 7 heteroatoms. The third-order valence-corrected chi connectivity index (χ3v) is 3.58. The standard InChI is InChI=1S/C19H22N4O3/c1-3-17(24)22-15-5-4-6-16(11-15)23-18(25)12-21-14-9-7-13(8-10-14)19(26)20-2/h4-11,21H,3,12H2,1-2H3,(H,20,26)(H,22,24)(H,23,25). The molecule has 2 rings (SSSR count). The van der Waals surface area contributed by atoms with Crippen LogP contribution in [0, 0.1) is 0 Å². The van der Waals surface area contributed by atoms with Gasteiger partial charge in [-0.1, -0.05) is 13.0 Å². The second-order valence-electron chi connectivity index (χ2n) is 5.54. The van der Waals surface area contributed by atoms with Gasteiger partial charge < -0.3 is 21.3 Å². The number of nitrogens with one attached hydrogen (secondary N) is 4. The van der Waals surface area contributed by atoms with Crippen LogP contribution in [0.1, 0.15) is 23.7 Å². The highest BCUT2D eigenvalue weighted by Gasteiger charge is 2.06. The molecule has 0 atom stereocenters. The van der Waals surface area contributed by atoms with Crippen LogP contribution in [-0.2, 0) is 9.59 Å². The predicted molar refractivity (Wildman–Crippen MR) is 102 cm³/mol. The van der Waals surface area contributed by atoms with Crippen molar-refractivity contribution >= 4 is 34.8 Å². The summed E-state index contributed by atoms with van der Waals surface area (Å²) in [5.74, 6) is -0.473. The zero-order valence-electron chi connectivity index (χ0n) is 14.8. The first kappa shape index (κ1) is 19.0. The largest absolute Gasteiger partial charge is 0.376 e. The summed E-state index contributed by atoms with van der Waals surface area (Å²) in [5.41, 5.74) is 2.51. The summed E-state index contributed by atoms with van der Waals surface area (Å²) >= 11 is 0. The van der Waals surface area contributed by atoms with E-state index in [0.29, 0.717) is 23.4 Å². The number of anilines is 3. The lowest BCUT2D eigenvalue weighted by Crippen LogP contribution is -2.22. The van der Waals surface area contributed by atoms with Crippen LogP contribution in [0.2, 0.25) is 0 Å². The monoisotopic (exact) mass is 354 g/mol. The molecule has 2 aromatic carbocycles. The zero-order valence-corrected chi connectivity index (χ0v) is 14.8. The van der Waals surface area contributed by atoms with Gasteiger partial charge in [-0.05, 0) is 42.5 Å². The summed E-state index contributed by atoms with van der Waals surface area (Å²) in [7, 11) is 1.57. The number of carbonyl (C=O) groups is 3. The molecule has 26 heavy (non-hydrogen) atoms. The van der Waals surface area contributed by atoms with E-state index in [1.807, 2.05) is 0 Å². The fourth-order valence-electron chi connectivity index (χ4n) is 2.20. The Balaban J connectivity index is 1.88. The Bertz CT molecular complexity index is 788. The van der Waals surface area contributed by atoms with Gasteiger partial charge in [0, 0.05) is 36.1 Å². The molecule has 2 aromatic rings. The van der Waals surface area contributed by atoms with E-state index in [2.05, 4.69) is 21.3 Å². The van der Waals surface area contributed by atoms with Crippen molar-refractivity contribution in [3.05, 3.63) is 54.1 Å². The molecular formula is C19H22N4O3. The molecule has 0 saturated carbocycles. The molecule has 0 aromatic heterocycles. The topological polar surface area (TPSA) is 99.3 Å². The SMILES string of the molecule is CCC(=O)Nc1cccc(NC(=O)CNc2ccc(C(=O)NC)cc2)c1. The van der Waals surface area contributed by atoms with Gasteiger partial charge >= 0.3 is 0 Å². The second kappa shape index (κ2) is 9.22. The van der Waals surface area contributed by atoms with E-state index in [1.165, 1.54) is 0 Å². The van der Waals surface area contributed by atoms with E-state index < -0.39 is 0 Å². The lowest BCUT2D eigenvalue weighted by atomic mass is 10.2. The summed E-state index contributed by atoms with van der Waals surface area (Å²) in [6, 6.07) is 13.8. The van der Waals surface area contributed by atoms with Gasteiger partial charge in [-0.25, -0.2) is 0 Å². The van der Waals surface area contributed by atoms with E-state index in [1.54, 1.807) is 62.5 Å². The van der Waals surface area contributed by atoms with Crippen LogP contribution in [0.3, 0.4) is 0 Å². The fourth-order valence-corrected chi connectivity index (χ4v) is 2.20. The van der Waals surface area contributed by atoms with E-state index in [0.717, 1.165) is 5.69 Å². The number of carbonyl (C=O) groups excluding carboxylic acids is 3. The summed E-state index contributed by atoms with van der Waals surface area (Å²) < 4.78 is 0. The molecule has 0 aliphatic rings. The smallest absolute Gasteiger partial charge is 0.251 e. The van der Waals surface area contributed by atoms with E-state index in [-0.39, 0.29) is 24.3 Å². The van der Waals surface area contributed by atoms with Crippen LogP contribution in [0.25, 0.3) is 0 Å². The number of hydrogen-bond donors (Lipinski definition) is 4. The predicted octanol–water partition coefficient (Wildman–Crippen LogP) is 2.45. The van der Waals surface area contributed by atoms with E-state index in [4.69, 9.17) is 0 Å². The van der Waals surface area contributed by atoms with Crippen LogP contribution in [0.15, 0.2) is 48.5 Å². The summed E-state index contributed by atoms with van der Waals surface area (Å²) in [5, 5.41) is 11.0. The Hall–Kier alpha value is -3.35. The molecular weight excluding hydrogens is 332 g/mol. The molecule has 0 spiro atoms. The summed E-state index contributed by atoms with van der Waals surface area (Å²) in [4.78, 5) is 35.0. The molecule has 0 aliphatic carbocycles. The van der Waals surface area contributed by atoms with Crippen LogP contribution in [0.4, 0.5) is 17.1 Å².